The second-order valence-electron chi connectivity index (χ2n) is 6.49. The van der Waals surface area contributed by atoms with Crippen LogP contribution in [0, 0.1) is 0 Å². The molecule has 0 aliphatic carbocycles. The Hall–Kier alpha value is -1.82. The van der Waals surface area contributed by atoms with Crippen molar-refractivity contribution in [1.82, 2.24) is 9.80 Å². The summed E-state index contributed by atoms with van der Waals surface area (Å²) in [7, 11) is 0. The van der Waals surface area contributed by atoms with Crippen molar-refractivity contribution in [3.8, 4) is 0 Å². The molecule has 1 atom stereocenters. The number of benzene rings is 1. The molecule has 7 heteroatoms. The molecule has 2 aliphatic rings. The summed E-state index contributed by atoms with van der Waals surface area (Å²) in [5, 5.41) is 0.572. The predicted octanol–water partition coefficient (Wildman–Crippen LogP) is 2.67. The van der Waals surface area contributed by atoms with Gasteiger partial charge < -0.3 is 15.5 Å². The van der Waals surface area contributed by atoms with Crippen molar-refractivity contribution in [3.63, 3.8) is 0 Å². The summed E-state index contributed by atoms with van der Waals surface area (Å²) in [4.78, 5) is 27.1. The highest BCUT2D eigenvalue weighted by molar-refractivity contribution is 6.30. The maximum Gasteiger partial charge on any atom is 0.315 e. The summed E-state index contributed by atoms with van der Waals surface area (Å²) in [6.45, 7) is 1.18. The van der Waals surface area contributed by atoms with Crippen molar-refractivity contribution in [3.05, 3.63) is 34.9 Å². The number of hydrogen-bond donors (Lipinski definition) is 1. The van der Waals surface area contributed by atoms with Gasteiger partial charge in [-0.25, -0.2) is 9.18 Å². The van der Waals surface area contributed by atoms with E-state index in [1.165, 1.54) is 4.90 Å². The van der Waals surface area contributed by atoms with Crippen LogP contribution in [-0.2, 0) is 10.5 Å². The topological polar surface area (TPSA) is 66.6 Å². The Labute approximate surface area is 145 Å². The molecule has 0 bridgehead atoms. The number of halogens is 2. The van der Waals surface area contributed by atoms with Gasteiger partial charge in [0.2, 0.25) is 5.91 Å². The Balaban J connectivity index is 1.65. The van der Waals surface area contributed by atoms with Crippen molar-refractivity contribution in [1.29, 1.82) is 0 Å². The van der Waals surface area contributed by atoms with E-state index in [1.54, 1.807) is 29.2 Å². The fraction of sp³-hybridized carbons (Fsp3) is 0.529. The molecule has 0 aromatic heterocycles. The summed E-state index contributed by atoms with van der Waals surface area (Å²) in [5.74, 6) is -0.121. The van der Waals surface area contributed by atoms with Gasteiger partial charge in [-0.2, -0.15) is 0 Å². The Bertz CT molecular complexity index is 629. The van der Waals surface area contributed by atoms with Crippen LogP contribution < -0.4 is 5.73 Å². The number of alkyl halides is 1. The van der Waals surface area contributed by atoms with Gasteiger partial charge in [0.1, 0.15) is 11.7 Å². The van der Waals surface area contributed by atoms with E-state index in [0.717, 1.165) is 6.42 Å². The molecule has 5 nitrogen and oxygen atoms in total. The van der Waals surface area contributed by atoms with Gasteiger partial charge in [0.05, 0.1) is 0 Å². The van der Waals surface area contributed by atoms with E-state index in [9.17, 15) is 9.59 Å². The maximum atomic E-state index is 15.2. The first-order valence-corrected chi connectivity index (χ1v) is 8.58. The molecular weight excluding hydrogens is 333 g/mol. The van der Waals surface area contributed by atoms with Gasteiger partial charge in [0.25, 0.3) is 0 Å². The fourth-order valence-corrected chi connectivity index (χ4v) is 3.74. The number of nitrogens with two attached hydrogens (primary N) is 1. The highest BCUT2D eigenvalue weighted by Gasteiger charge is 2.41. The smallest absolute Gasteiger partial charge is 0.315 e. The maximum absolute atomic E-state index is 15.2. The van der Waals surface area contributed by atoms with Gasteiger partial charge in [-0.1, -0.05) is 23.7 Å². The molecular formula is C17H21ClFN3O2. The number of piperidine rings is 1. The number of likely N-dealkylation sites (tertiary alicyclic amines) is 2. The third-order valence-electron chi connectivity index (χ3n) is 5.05. The van der Waals surface area contributed by atoms with E-state index in [4.69, 9.17) is 17.3 Å². The van der Waals surface area contributed by atoms with Crippen molar-refractivity contribution >= 4 is 23.5 Å². The van der Waals surface area contributed by atoms with E-state index >= 15 is 4.39 Å². The largest absolute Gasteiger partial charge is 0.351 e. The first-order valence-electron chi connectivity index (χ1n) is 8.20. The van der Waals surface area contributed by atoms with Crippen molar-refractivity contribution in [2.75, 3.05) is 19.6 Å². The van der Waals surface area contributed by atoms with Crippen LogP contribution >= 0.6 is 11.6 Å². The number of carbonyl (C=O) groups is 2. The van der Waals surface area contributed by atoms with Crippen LogP contribution in [0.4, 0.5) is 9.18 Å². The summed E-state index contributed by atoms with van der Waals surface area (Å²) in [5.41, 5.74) is 4.48. The molecule has 2 heterocycles. The molecule has 1 aromatic carbocycles. The number of amides is 3. The lowest BCUT2D eigenvalue weighted by atomic mass is 9.86. The van der Waals surface area contributed by atoms with E-state index in [2.05, 4.69) is 0 Å². The van der Waals surface area contributed by atoms with Crippen LogP contribution in [0.15, 0.2) is 24.3 Å². The lowest BCUT2D eigenvalue weighted by Crippen LogP contribution is -2.52. The SMILES string of the molecule is NC(=O)N1CCC[C@H]1C(=O)N1CCC(F)(c2ccc(Cl)cc2)CC1. The standard InChI is InChI=1S/C17H21ClFN3O2/c18-13-5-3-12(4-6-13)17(19)7-10-21(11-8-17)15(23)14-2-1-9-22(14)16(20)24/h3-6,14H,1-2,7-11H2,(H2,20,24)/t14-/m0/s1. The predicted molar refractivity (Wildman–Crippen MR) is 89.4 cm³/mol. The van der Waals surface area contributed by atoms with Gasteiger partial charge >= 0.3 is 6.03 Å². The Morgan fingerprint density at radius 1 is 1.17 bits per heavy atom. The van der Waals surface area contributed by atoms with E-state index in [1.807, 2.05) is 0 Å². The fourth-order valence-electron chi connectivity index (χ4n) is 3.62. The first kappa shape index (κ1) is 17.0. The molecule has 24 heavy (non-hydrogen) atoms. The second kappa shape index (κ2) is 6.59. The lowest BCUT2D eigenvalue weighted by Gasteiger charge is -2.38. The summed E-state index contributed by atoms with van der Waals surface area (Å²) in [6, 6.07) is 5.70. The summed E-state index contributed by atoms with van der Waals surface area (Å²) in [6.07, 6.45) is 1.87. The lowest BCUT2D eigenvalue weighted by molar-refractivity contribution is -0.137. The number of primary amides is 1. The zero-order valence-electron chi connectivity index (χ0n) is 13.4. The normalized spacial score (nSPS) is 23.3. The van der Waals surface area contributed by atoms with Gasteiger partial charge in [0.15, 0.2) is 0 Å². The number of nitrogens with zero attached hydrogens (tertiary/aromatic N) is 2. The molecule has 0 unspecified atom stereocenters. The minimum atomic E-state index is -1.44. The quantitative estimate of drug-likeness (QED) is 0.888. The third-order valence-corrected chi connectivity index (χ3v) is 5.30. The van der Waals surface area contributed by atoms with Crippen LogP contribution in [-0.4, -0.2) is 47.4 Å². The zero-order chi connectivity index (χ0) is 17.3. The van der Waals surface area contributed by atoms with E-state index in [0.29, 0.717) is 36.6 Å². The molecule has 3 rings (SSSR count). The minimum Gasteiger partial charge on any atom is -0.351 e. The van der Waals surface area contributed by atoms with Crippen LogP contribution in [0.3, 0.4) is 0 Å². The Morgan fingerprint density at radius 2 is 1.79 bits per heavy atom. The number of urea groups is 1. The molecule has 0 spiro atoms. The highest BCUT2D eigenvalue weighted by Crippen LogP contribution is 2.38. The number of rotatable bonds is 2. The molecule has 130 valence electrons. The molecule has 2 fully saturated rings. The monoisotopic (exact) mass is 353 g/mol. The van der Waals surface area contributed by atoms with Gasteiger partial charge in [-0.15, -0.1) is 0 Å². The van der Waals surface area contributed by atoms with Crippen LogP contribution in [0.5, 0.6) is 0 Å². The molecule has 0 radical (unpaired) electrons. The average molecular weight is 354 g/mol. The minimum absolute atomic E-state index is 0.121. The van der Waals surface area contributed by atoms with Gasteiger partial charge in [0, 0.05) is 37.5 Å². The second-order valence-corrected chi connectivity index (χ2v) is 6.92. The Kier molecular flexibility index (Phi) is 4.67. The van der Waals surface area contributed by atoms with Crippen molar-refractivity contribution in [2.24, 2.45) is 5.73 Å². The van der Waals surface area contributed by atoms with Gasteiger partial charge in [-0.3, -0.25) is 4.79 Å². The van der Waals surface area contributed by atoms with Crippen molar-refractivity contribution in [2.45, 2.75) is 37.4 Å². The van der Waals surface area contributed by atoms with E-state index in [-0.39, 0.29) is 18.7 Å². The van der Waals surface area contributed by atoms with Gasteiger partial charge in [-0.05, 0) is 30.5 Å². The molecule has 2 aliphatic heterocycles. The summed E-state index contributed by atoms with van der Waals surface area (Å²) >= 11 is 5.85. The average Bonchev–Trinajstić information content (AvgIpc) is 3.05. The number of hydrogen-bond acceptors (Lipinski definition) is 2. The first-order chi connectivity index (χ1) is 11.4. The van der Waals surface area contributed by atoms with Crippen LogP contribution in [0.2, 0.25) is 5.02 Å². The van der Waals surface area contributed by atoms with Crippen LogP contribution in [0.1, 0.15) is 31.2 Å². The molecule has 1 aromatic rings. The molecule has 2 N–H and O–H groups in total. The van der Waals surface area contributed by atoms with Crippen LogP contribution in [0.25, 0.3) is 0 Å². The molecule has 0 saturated carbocycles. The molecule has 2 saturated heterocycles. The Morgan fingerprint density at radius 3 is 2.38 bits per heavy atom. The number of carbonyl (C=O) groups excluding carboxylic acids is 2. The molecule has 3 amide bonds. The van der Waals surface area contributed by atoms with Crippen molar-refractivity contribution < 1.29 is 14.0 Å². The highest BCUT2D eigenvalue weighted by atomic mass is 35.5. The zero-order valence-corrected chi connectivity index (χ0v) is 14.1. The third kappa shape index (κ3) is 3.20. The van der Waals surface area contributed by atoms with E-state index < -0.39 is 17.7 Å². The summed E-state index contributed by atoms with van der Waals surface area (Å²) < 4.78 is 15.2.